The number of phenols is 1. The second-order valence-electron chi connectivity index (χ2n) is 2.51. The van der Waals surface area contributed by atoms with Gasteiger partial charge >= 0.3 is 0 Å². The Labute approximate surface area is 86.9 Å². The van der Waals surface area contributed by atoms with E-state index in [0.29, 0.717) is 11.6 Å². The zero-order valence-electron chi connectivity index (χ0n) is 6.83. The molecule has 1 rings (SSSR count). The molecule has 13 heavy (non-hydrogen) atoms. The Morgan fingerprint density at radius 3 is 2.92 bits per heavy atom. The van der Waals surface area contributed by atoms with Crippen molar-refractivity contribution in [1.82, 2.24) is 0 Å². The lowest BCUT2D eigenvalue weighted by atomic mass is 10.1. The largest absolute Gasteiger partial charge is 0.506 e. The molecule has 0 aliphatic rings. The highest BCUT2D eigenvalue weighted by Crippen LogP contribution is 2.23. The molecule has 0 unspecified atom stereocenters. The van der Waals surface area contributed by atoms with Crippen LogP contribution in [0.2, 0.25) is 5.02 Å². The molecule has 0 aliphatic carbocycles. The monoisotopic (exact) mass is 213 g/mol. The van der Waals surface area contributed by atoms with Crippen molar-refractivity contribution >= 4 is 29.0 Å². The fourth-order valence-corrected chi connectivity index (χ4v) is 1.23. The molecule has 2 nitrogen and oxygen atoms in total. The van der Waals surface area contributed by atoms with Crippen LogP contribution < -0.4 is 0 Å². The Balaban J connectivity index is 2.68. The Morgan fingerprint density at radius 2 is 2.31 bits per heavy atom. The summed E-state index contributed by atoms with van der Waals surface area (Å²) in [5.41, 5.74) is 1.02. The fraction of sp³-hybridized carbons (Fsp3) is 0.222. The quantitative estimate of drug-likeness (QED) is 0.619. The summed E-state index contributed by atoms with van der Waals surface area (Å²) >= 11 is 10.1. The first-order chi connectivity index (χ1) is 6.24. The number of aliphatic imine (C=N–C) groups is 1. The summed E-state index contributed by atoms with van der Waals surface area (Å²) in [6.45, 7) is 0.602. The van der Waals surface area contributed by atoms with Crippen LogP contribution in [0, 0.1) is 0 Å². The van der Waals surface area contributed by atoms with Crippen molar-refractivity contribution in [2.75, 3.05) is 6.54 Å². The third-order valence-electron chi connectivity index (χ3n) is 1.59. The van der Waals surface area contributed by atoms with E-state index in [9.17, 15) is 0 Å². The van der Waals surface area contributed by atoms with Crippen LogP contribution in [0.4, 0.5) is 0 Å². The van der Waals surface area contributed by atoms with E-state index in [4.69, 9.17) is 16.7 Å². The van der Waals surface area contributed by atoms with Gasteiger partial charge in [0, 0.05) is 0 Å². The molecule has 1 N–H and O–H groups in total. The molecule has 0 amide bonds. The predicted molar refractivity (Wildman–Crippen MR) is 56.7 cm³/mol. The summed E-state index contributed by atoms with van der Waals surface area (Å²) in [5.74, 6) is 0.101. The first kappa shape index (κ1) is 10.2. The standard InChI is InChI=1S/C9H8ClNOS/c10-8-5-7(1-2-9(8)12)3-4-11-6-13/h1-2,5,12H,3-4H2. The predicted octanol–water partition coefficient (Wildman–Crippen LogP) is 2.69. The number of phenolic OH excluding ortho intramolecular Hbond substituents is 1. The minimum absolute atomic E-state index is 0.101. The molecule has 0 saturated carbocycles. The van der Waals surface area contributed by atoms with E-state index >= 15 is 0 Å². The number of hydrogen-bond acceptors (Lipinski definition) is 3. The van der Waals surface area contributed by atoms with Crippen molar-refractivity contribution < 1.29 is 5.11 Å². The molecule has 68 valence electrons. The maximum Gasteiger partial charge on any atom is 0.134 e. The topological polar surface area (TPSA) is 32.6 Å². The highest BCUT2D eigenvalue weighted by Gasteiger charge is 1.98. The SMILES string of the molecule is Oc1ccc(CCN=C=S)cc1Cl. The van der Waals surface area contributed by atoms with Gasteiger partial charge in [-0.25, -0.2) is 4.99 Å². The maximum absolute atomic E-state index is 9.13. The number of aromatic hydroxyl groups is 1. The molecule has 0 atom stereocenters. The van der Waals surface area contributed by atoms with Gasteiger partial charge in [0.05, 0.1) is 16.7 Å². The van der Waals surface area contributed by atoms with Gasteiger partial charge in [-0.3, -0.25) is 0 Å². The van der Waals surface area contributed by atoms with Gasteiger partial charge in [0.25, 0.3) is 0 Å². The number of nitrogens with zero attached hydrogens (tertiary/aromatic N) is 1. The smallest absolute Gasteiger partial charge is 0.134 e. The third-order valence-corrected chi connectivity index (χ3v) is 2.02. The lowest BCUT2D eigenvalue weighted by molar-refractivity contribution is 0.475. The molecule has 0 aromatic heterocycles. The Bertz CT molecular complexity index is 347. The van der Waals surface area contributed by atoms with Gasteiger partial charge in [-0.15, -0.1) is 0 Å². The normalized spacial score (nSPS) is 9.31. The number of isothiocyanates is 1. The molecule has 0 spiro atoms. The molecule has 0 saturated heterocycles. The minimum atomic E-state index is 0.101. The molecule has 4 heteroatoms. The molecule has 0 fully saturated rings. The Kier molecular flexibility index (Phi) is 3.90. The number of benzene rings is 1. The van der Waals surface area contributed by atoms with E-state index in [1.54, 1.807) is 18.2 Å². The van der Waals surface area contributed by atoms with Crippen molar-refractivity contribution in [3.63, 3.8) is 0 Å². The van der Waals surface area contributed by atoms with E-state index in [1.165, 1.54) is 0 Å². The van der Waals surface area contributed by atoms with Gasteiger partial charge in [0.2, 0.25) is 0 Å². The van der Waals surface area contributed by atoms with Crippen molar-refractivity contribution in [3.8, 4) is 5.75 Å². The van der Waals surface area contributed by atoms with Gasteiger partial charge in [0.1, 0.15) is 5.75 Å². The first-order valence-corrected chi connectivity index (χ1v) is 4.53. The molecule has 0 heterocycles. The van der Waals surface area contributed by atoms with Gasteiger partial charge in [-0.2, -0.15) is 0 Å². The second-order valence-corrected chi connectivity index (χ2v) is 3.10. The van der Waals surface area contributed by atoms with Gasteiger partial charge in [0.15, 0.2) is 0 Å². The molecular weight excluding hydrogens is 206 g/mol. The van der Waals surface area contributed by atoms with Crippen LogP contribution in [0.3, 0.4) is 0 Å². The number of rotatable bonds is 3. The van der Waals surface area contributed by atoms with E-state index in [2.05, 4.69) is 22.4 Å². The van der Waals surface area contributed by atoms with Crippen molar-refractivity contribution in [3.05, 3.63) is 28.8 Å². The number of halogens is 1. The molecule has 0 radical (unpaired) electrons. The minimum Gasteiger partial charge on any atom is -0.506 e. The van der Waals surface area contributed by atoms with Crippen LogP contribution in [0.5, 0.6) is 5.75 Å². The van der Waals surface area contributed by atoms with E-state index < -0.39 is 0 Å². The molecule has 0 aliphatic heterocycles. The van der Waals surface area contributed by atoms with E-state index in [1.807, 2.05) is 0 Å². The zero-order chi connectivity index (χ0) is 9.68. The molecule has 1 aromatic carbocycles. The highest BCUT2D eigenvalue weighted by molar-refractivity contribution is 7.78. The Hall–Kier alpha value is -0.890. The maximum atomic E-state index is 9.13. The van der Waals surface area contributed by atoms with Gasteiger partial charge in [-0.05, 0) is 36.3 Å². The third kappa shape index (κ3) is 3.15. The van der Waals surface area contributed by atoms with E-state index in [0.717, 1.165) is 12.0 Å². The van der Waals surface area contributed by atoms with Crippen LogP contribution >= 0.6 is 23.8 Å². The summed E-state index contributed by atoms with van der Waals surface area (Å²) in [6, 6.07) is 5.09. The molecular formula is C9H8ClNOS. The lowest BCUT2D eigenvalue weighted by Crippen LogP contribution is -1.88. The van der Waals surface area contributed by atoms with Gasteiger partial charge < -0.3 is 5.11 Å². The molecule has 1 aromatic rings. The van der Waals surface area contributed by atoms with Crippen molar-refractivity contribution in [2.24, 2.45) is 4.99 Å². The zero-order valence-corrected chi connectivity index (χ0v) is 8.40. The number of hydrogen-bond donors (Lipinski definition) is 1. The summed E-state index contributed by atoms with van der Waals surface area (Å²) in [5, 5.41) is 11.8. The van der Waals surface area contributed by atoms with E-state index in [-0.39, 0.29) is 5.75 Å². The van der Waals surface area contributed by atoms with Crippen LogP contribution in [0.1, 0.15) is 5.56 Å². The first-order valence-electron chi connectivity index (χ1n) is 3.75. The fourth-order valence-electron chi connectivity index (χ4n) is 0.937. The summed E-state index contributed by atoms with van der Waals surface area (Å²) in [6.07, 6.45) is 0.754. The summed E-state index contributed by atoms with van der Waals surface area (Å²) < 4.78 is 0. The summed E-state index contributed by atoms with van der Waals surface area (Å²) in [7, 11) is 0. The Morgan fingerprint density at radius 1 is 1.54 bits per heavy atom. The van der Waals surface area contributed by atoms with Crippen LogP contribution in [-0.2, 0) is 6.42 Å². The second kappa shape index (κ2) is 4.97. The lowest BCUT2D eigenvalue weighted by Gasteiger charge is -2.00. The average molecular weight is 214 g/mol. The van der Waals surface area contributed by atoms with Crippen molar-refractivity contribution in [1.29, 1.82) is 0 Å². The van der Waals surface area contributed by atoms with Crippen LogP contribution in [-0.4, -0.2) is 16.8 Å². The number of thiocarbonyl (C=S) groups is 1. The summed E-state index contributed by atoms with van der Waals surface area (Å²) in [4.78, 5) is 3.78. The van der Waals surface area contributed by atoms with Crippen LogP contribution in [0.15, 0.2) is 23.2 Å². The van der Waals surface area contributed by atoms with Gasteiger partial charge in [-0.1, -0.05) is 17.7 Å². The molecule has 0 bridgehead atoms. The van der Waals surface area contributed by atoms with Crippen LogP contribution in [0.25, 0.3) is 0 Å². The highest BCUT2D eigenvalue weighted by atomic mass is 35.5. The average Bonchev–Trinajstić information content (AvgIpc) is 2.12. The van der Waals surface area contributed by atoms with Crippen molar-refractivity contribution in [2.45, 2.75) is 6.42 Å².